The monoisotopic (exact) mass is 368 g/mol. The molecule has 2 aliphatic rings. The molecule has 1 aliphatic carbocycles. The van der Waals surface area contributed by atoms with Crippen molar-refractivity contribution in [1.29, 1.82) is 0 Å². The van der Waals surface area contributed by atoms with Crippen LogP contribution >= 0.6 is 22.9 Å². The zero-order chi connectivity index (χ0) is 17.1. The minimum absolute atomic E-state index is 0.104. The fourth-order valence-electron chi connectivity index (χ4n) is 3.39. The van der Waals surface area contributed by atoms with Gasteiger partial charge in [-0.2, -0.15) is 0 Å². The Morgan fingerprint density at radius 3 is 2.75 bits per heavy atom. The van der Waals surface area contributed by atoms with Gasteiger partial charge in [-0.15, -0.1) is 11.3 Å². The first kappa shape index (κ1) is 17.7. The van der Waals surface area contributed by atoms with Gasteiger partial charge in [0.2, 0.25) is 5.91 Å². The number of carbonyl (C=O) groups is 2. The largest absolute Gasteiger partial charge is 0.351 e. The van der Waals surface area contributed by atoms with Crippen LogP contribution in [0, 0.1) is 18.8 Å². The highest BCUT2D eigenvalue weighted by atomic mass is 35.5. The van der Waals surface area contributed by atoms with Gasteiger partial charge in [-0.05, 0) is 42.5 Å². The van der Waals surface area contributed by atoms with Crippen LogP contribution in [-0.4, -0.2) is 36.3 Å². The Hall–Kier alpha value is -1.07. The molecule has 132 valence electrons. The van der Waals surface area contributed by atoms with Gasteiger partial charge in [-0.3, -0.25) is 9.59 Å². The highest BCUT2D eigenvalue weighted by Crippen LogP contribution is 2.31. The van der Waals surface area contributed by atoms with Gasteiger partial charge in [0.05, 0.1) is 5.02 Å². The number of likely N-dealkylation sites (tertiary alicyclic amines) is 1. The van der Waals surface area contributed by atoms with Crippen LogP contribution in [0.15, 0.2) is 5.38 Å². The standard InChI is InChI=1S/C18H25ClN2O2S/c1-12-11-24-17(16(12)19)18(23)20-9-14-7-8-21(10-14)15(22)6-5-13-3-2-4-13/h11,13-14H,2-10H2,1H3,(H,20,23). The molecule has 1 saturated carbocycles. The lowest BCUT2D eigenvalue weighted by atomic mass is 9.82. The van der Waals surface area contributed by atoms with E-state index >= 15 is 0 Å². The molecule has 3 rings (SSSR count). The van der Waals surface area contributed by atoms with E-state index in [0.717, 1.165) is 37.4 Å². The molecule has 1 aliphatic heterocycles. The maximum atomic E-state index is 12.3. The number of nitrogens with zero attached hydrogens (tertiary/aromatic N) is 1. The summed E-state index contributed by atoms with van der Waals surface area (Å²) in [5, 5.41) is 5.42. The lowest BCUT2D eigenvalue weighted by Crippen LogP contribution is -2.33. The molecule has 1 aromatic heterocycles. The molecule has 24 heavy (non-hydrogen) atoms. The van der Waals surface area contributed by atoms with Gasteiger partial charge in [-0.1, -0.05) is 30.9 Å². The zero-order valence-electron chi connectivity index (χ0n) is 14.1. The summed E-state index contributed by atoms with van der Waals surface area (Å²) >= 11 is 7.52. The quantitative estimate of drug-likeness (QED) is 0.828. The average molecular weight is 369 g/mol. The Kier molecular flexibility index (Phi) is 5.82. The van der Waals surface area contributed by atoms with Crippen LogP contribution in [0.5, 0.6) is 0 Å². The summed E-state index contributed by atoms with van der Waals surface area (Å²) in [6, 6.07) is 0. The van der Waals surface area contributed by atoms with Crippen molar-refractivity contribution in [1.82, 2.24) is 10.2 Å². The number of carbonyl (C=O) groups excluding carboxylic acids is 2. The van der Waals surface area contributed by atoms with E-state index in [-0.39, 0.29) is 11.8 Å². The van der Waals surface area contributed by atoms with Gasteiger partial charge in [0.1, 0.15) is 4.88 Å². The Labute approximate surface area is 152 Å². The van der Waals surface area contributed by atoms with Crippen molar-refractivity contribution < 1.29 is 9.59 Å². The van der Waals surface area contributed by atoms with Crippen molar-refractivity contribution >= 4 is 34.8 Å². The van der Waals surface area contributed by atoms with Gasteiger partial charge < -0.3 is 10.2 Å². The first-order valence-corrected chi connectivity index (χ1v) is 10.1. The van der Waals surface area contributed by atoms with Crippen LogP contribution in [0.2, 0.25) is 5.02 Å². The number of hydrogen-bond donors (Lipinski definition) is 1. The summed E-state index contributed by atoms with van der Waals surface area (Å²) in [6.07, 6.45) is 6.63. The lowest BCUT2D eigenvalue weighted by Gasteiger charge is -2.26. The molecule has 4 nitrogen and oxygen atoms in total. The topological polar surface area (TPSA) is 49.4 Å². The zero-order valence-corrected chi connectivity index (χ0v) is 15.7. The summed E-state index contributed by atoms with van der Waals surface area (Å²) in [5.74, 6) is 1.31. The van der Waals surface area contributed by atoms with Gasteiger partial charge in [0.15, 0.2) is 0 Å². The smallest absolute Gasteiger partial charge is 0.262 e. The van der Waals surface area contributed by atoms with Crippen molar-refractivity contribution in [2.45, 2.75) is 45.4 Å². The van der Waals surface area contributed by atoms with Crippen molar-refractivity contribution in [3.63, 3.8) is 0 Å². The van der Waals surface area contributed by atoms with E-state index in [9.17, 15) is 9.59 Å². The van der Waals surface area contributed by atoms with Crippen LogP contribution in [-0.2, 0) is 4.79 Å². The first-order chi connectivity index (χ1) is 11.5. The van der Waals surface area contributed by atoms with E-state index in [4.69, 9.17) is 11.6 Å². The third kappa shape index (κ3) is 4.12. The number of aryl methyl sites for hydroxylation is 1. The molecule has 1 saturated heterocycles. The van der Waals surface area contributed by atoms with E-state index in [0.29, 0.717) is 28.8 Å². The number of halogens is 1. The number of rotatable bonds is 6. The number of thiophene rings is 1. The minimum Gasteiger partial charge on any atom is -0.351 e. The summed E-state index contributed by atoms with van der Waals surface area (Å²) in [5.41, 5.74) is 0.941. The molecule has 0 bridgehead atoms. The van der Waals surface area contributed by atoms with E-state index < -0.39 is 0 Å². The Morgan fingerprint density at radius 2 is 2.12 bits per heavy atom. The summed E-state index contributed by atoms with van der Waals surface area (Å²) in [4.78, 5) is 27.0. The normalized spacial score (nSPS) is 20.9. The summed E-state index contributed by atoms with van der Waals surface area (Å²) in [7, 11) is 0. The number of nitrogens with one attached hydrogen (secondary N) is 1. The predicted molar refractivity (Wildman–Crippen MR) is 97.7 cm³/mol. The molecular weight excluding hydrogens is 344 g/mol. The summed E-state index contributed by atoms with van der Waals surface area (Å²) in [6.45, 7) is 4.10. The number of hydrogen-bond acceptors (Lipinski definition) is 3. The van der Waals surface area contributed by atoms with E-state index in [1.54, 1.807) is 0 Å². The molecule has 0 aromatic carbocycles. The van der Waals surface area contributed by atoms with Gasteiger partial charge >= 0.3 is 0 Å². The Balaban J connectivity index is 1.40. The van der Waals surface area contributed by atoms with E-state index in [1.807, 2.05) is 17.2 Å². The van der Waals surface area contributed by atoms with Crippen LogP contribution < -0.4 is 5.32 Å². The van der Waals surface area contributed by atoms with Gasteiger partial charge in [0.25, 0.3) is 5.91 Å². The lowest BCUT2D eigenvalue weighted by molar-refractivity contribution is -0.130. The second kappa shape index (κ2) is 7.87. The second-order valence-electron chi connectivity index (χ2n) is 7.10. The van der Waals surface area contributed by atoms with Crippen molar-refractivity contribution in [3.8, 4) is 0 Å². The highest BCUT2D eigenvalue weighted by Gasteiger charge is 2.28. The Bertz CT molecular complexity index is 612. The molecule has 1 aromatic rings. The third-order valence-corrected chi connectivity index (χ3v) is 6.98. The fraction of sp³-hybridized carbons (Fsp3) is 0.667. The summed E-state index contributed by atoms with van der Waals surface area (Å²) < 4.78 is 0. The first-order valence-electron chi connectivity index (χ1n) is 8.84. The molecule has 1 atom stereocenters. The minimum atomic E-state index is -0.104. The average Bonchev–Trinajstić information content (AvgIpc) is 3.11. The number of amides is 2. The highest BCUT2D eigenvalue weighted by molar-refractivity contribution is 7.13. The third-order valence-electron chi connectivity index (χ3n) is 5.29. The van der Waals surface area contributed by atoms with Crippen molar-refractivity contribution in [2.24, 2.45) is 11.8 Å². The second-order valence-corrected chi connectivity index (χ2v) is 8.36. The fourth-order valence-corrected chi connectivity index (χ4v) is 4.59. The molecular formula is C18H25ClN2O2S. The maximum absolute atomic E-state index is 12.3. The molecule has 1 N–H and O–H groups in total. The predicted octanol–water partition coefficient (Wildman–Crippen LogP) is 3.87. The van der Waals surface area contributed by atoms with Crippen LogP contribution in [0.1, 0.15) is 53.8 Å². The molecule has 2 fully saturated rings. The van der Waals surface area contributed by atoms with E-state index in [1.165, 1.54) is 30.6 Å². The van der Waals surface area contributed by atoms with Crippen molar-refractivity contribution in [2.75, 3.05) is 19.6 Å². The molecule has 1 unspecified atom stereocenters. The molecule has 2 amide bonds. The van der Waals surface area contributed by atoms with E-state index in [2.05, 4.69) is 5.32 Å². The van der Waals surface area contributed by atoms with Gasteiger partial charge in [-0.25, -0.2) is 0 Å². The van der Waals surface area contributed by atoms with Crippen LogP contribution in [0.25, 0.3) is 0 Å². The van der Waals surface area contributed by atoms with Gasteiger partial charge in [0, 0.05) is 26.1 Å². The van der Waals surface area contributed by atoms with Crippen molar-refractivity contribution in [3.05, 3.63) is 20.8 Å². The van der Waals surface area contributed by atoms with Crippen LogP contribution in [0.3, 0.4) is 0 Å². The maximum Gasteiger partial charge on any atom is 0.262 e. The molecule has 0 spiro atoms. The molecule has 2 heterocycles. The SMILES string of the molecule is Cc1csc(C(=O)NCC2CCN(C(=O)CCC3CCC3)C2)c1Cl. The van der Waals surface area contributed by atoms with Crippen LogP contribution in [0.4, 0.5) is 0 Å². The molecule has 0 radical (unpaired) electrons. The molecule has 6 heteroatoms. The Morgan fingerprint density at radius 1 is 1.33 bits per heavy atom.